The highest BCUT2D eigenvalue weighted by molar-refractivity contribution is 6.21. The largest absolute Gasteiger partial charge is 0.497 e. The molecular formula is C22H34N2O4. The first-order valence-electron chi connectivity index (χ1n) is 9.78. The molecule has 1 rings (SSSR count). The van der Waals surface area contributed by atoms with Crippen LogP contribution in [0.15, 0.2) is 23.8 Å². The molecule has 6 heteroatoms. The van der Waals surface area contributed by atoms with E-state index in [-0.39, 0.29) is 17.4 Å². The molecule has 6 nitrogen and oxygen atoms in total. The van der Waals surface area contributed by atoms with Gasteiger partial charge in [-0.2, -0.15) is 0 Å². The van der Waals surface area contributed by atoms with Gasteiger partial charge >= 0.3 is 0 Å². The molecular weight excluding hydrogens is 356 g/mol. The number of rotatable bonds is 11. The van der Waals surface area contributed by atoms with Crippen LogP contribution >= 0.6 is 0 Å². The summed E-state index contributed by atoms with van der Waals surface area (Å²) in [4.78, 5) is 25.4. The lowest BCUT2D eigenvalue weighted by atomic mass is 10.1. The highest BCUT2D eigenvalue weighted by atomic mass is 16.5. The molecule has 0 aliphatic carbocycles. The first-order chi connectivity index (χ1) is 13.3. The van der Waals surface area contributed by atoms with Gasteiger partial charge in [-0.3, -0.25) is 9.59 Å². The Morgan fingerprint density at radius 3 is 1.89 bits per heavy atom. The van der Waals surface area contributed by atoms with Crippen LogP contribution in [0.4, 0.5) is 0 Å². The van der Waals surface area contributed by atoms with Crippen molar-refractivity contribution in [1.82, 2.24) is 10.6 Å². The maximum absolute atomic E-state index is 12.7. The van der Waals surface area contributed by atoms with Crippen molar-refractivity contribution in [2.45, 2.75) is 40.5 Å². The zero-order valence-corrected chi connectivity index (χ0v) is 17.9. The minimum absolute atomic E-state index is 0.0657. The Bertz CT molecular complexity index is 653. The summed E-state index contributed by atoms with van der Waals surface area (Å²) in [6, 6.07) is 5.25. The van der Waals surface area contributed by atoms with Gasteiger partial charge in [-0.05, 0) is 42.9 Å². The number of carbonyl (C=O) groups excluding carboxylic acids is 2. The Hall–Kier alpha value is -2.50. The van der Waals surface area contributed by atoms with Crippen LogP contribution in [0.3, 0.4) is 0 Å². The minimum Gasteiger partial charge on any atom is -0.497 e. The summed E-state index contributed by atoms with van der Waals surface area (Å²) in [6.45, 7) is 9.39. The Balaban J connectivity index is 3.09. The maximum atomic E-state index is 12.7. The lowest BCUT2D eigenvalue weighted by Crippen LogP contribution is -2.36. The zero-order valence-electron chi connectivity index (χ0n) is 17.9. The zero-order chi connectivity index (χ0) is 21.1. The summed E-state index contributed by atoms with van der Waals surface area (Å²) in [5.74, 6) is 1.32. The number of benzene rings is 1. The lowest BCUT2D eigenvalue weighted by Gasteiger charge is -2.13. The fourth-order valence-electron chi connectivity index (χ4n) is 2.47. The first-order valence-corrected chi connectivity index (χ1v) is 9.78. The molecule has 0 unspecified atom stereocenters. The summed E-state index contributed by atoms with van der Waals surface area (Å²) in [7, 11) is 3.11. The predicted molar refractivity (Wildman–Crippen MR) is 112 cm³/mol. The average Bonchev–Trinajstić information content (AvgIpc) is 2.65. The molecule has 1 aromatic rings. The van der Waals surface area contributed by atoms with E-state index < -0.39 is 0 Å². The van der Waals surface area contributed by atoms with E-state index in [4.69, 9.17) is 9.47 Å². The highest BCUT2D eigenvalue weighted by Gasteiger charge is 2.19. The van der Waals surface area contributed by atoms with Crippen molar-refractivity contribution in [3.8, 4) is 11.5 Å². The smallest absolute Gasteiger partial charge is 0.256 e. The number of hydrogen-bond acceptors (Lipinski definition) is 4. The van der Waals surface area contributed by atoms with Crippen LogP contribution in [0.5, 0.6) is 11.5 Å². The van der Waals surface area contributed by atoms with E-state index in [1.165, 1.54) is 7.11 Å². The van der Waals surface area contributed by atoms with Gasteiger partial charge in [0.1, 0.15) is 17.1 Å². The third-order valence-corrected chi connectivity index (χ3v) is 4.24. The van der Waals surface area contributed by atoms with Crippen LogP contribution in [0.2, 0.25) is 0 Å². The summed E-state index contributed by atoms with van der Waals surface area (Å²) < 4.78 is 10.6. The van der Waals surface area contributed by atoms with Gasteiger partial charge in [0.2, 0.25) is 0 Å². The lowest BCUT2D eigenvalue weighted by molar-refractivity contribution is -0.123. The molecule has 0 aliphatic rings. The van der Waals surface area contributed by atoms with Gasteiger partial charge < -0.3 is 20.1 Å². The van der Waals surface area contributed by atoms with Crippen molar-refractivity contribution >= 4 is 17.9 Å². The van der Waals surface area contributed by atoms with E-state index in [1.54, 1.807) is 31.4 Å². The van der Waals surface area contributed by atoms with Gasteiger partial charge in [0, 0.05) is 24.7 Å². The van der Waals surface area contributed by atoms with E-state index in [2.05, 4.69) is 38.3 Å². The highest BCUT2D eigenvalue weighted by Crippen LogP contribution is 2.26. The van der Waals surface area contributed by atoms with Crippen molar-refractivity contribution in [2.75, 3.05) is 27.3 Å². The van der Waals surface area contributed by atoms with E-state index in [0.29, 0.717) is 42.0 Å². The molecule has 28 heavy (non-hydrogen) atoms. The molecule has 0 saturated carbocycles. The molecule has 0 radical (unpaired) electrons. The van der Waals surface area contributed by atoms with Crippen molar-refractivity contribution < 1.29 is 19.1 Å². The SMILES string of the molecule is COc1ccc(C=C(C(=O)NCCC(C)C)C(=O)NCCC(C)C)c(OC)c1. The van der Waals surface area contributed by atoms with Crippen LogP contribution in [-0.4, -0.2) is 39.1 Å². The first kappa shape index (κ1) is 23.5. The molecule has 0 aliphatic heterocycles. The molecule has 0 bridgehead atoms. The second-order valence-electron chi connectivity index (χ2n) is 7.54. The van der Waals surface area contributed by atoms with Gasteiger partial charge in [0.05, 0.1) is 14.2 Å². The molecule has 2 N–H and O–H groups in total. The van der Waals surface area contributed by atoms with E-state index in [1.807, 2.05) is 0 Å². The van der Waals surface area contributed by atoms with Crippen molar-refractivity contribution in [3.05, 3.63) is 29.3 Å². The summed E-state index contributed by atoms with van der Waals surface area (Å²) in [5, 5.41) is 5.68. The molecule has 1 aromatic carbocycles. The molecule has 156 valence electrons. The quantitative estimate of drug-likeness (QED) is 0.345. The molecule has 0 heterocycles. The fourth-order valence-corrected chi connectivity index (χ4v) is 2.47. The van der Waals surface area contributed by atoms with E-state index in [0.717, 1.165) is 12.8 Å². The number of amides is 2. The summed E-state index contributed by atoms with van der Waals surface area (Å²) >= 11 is 0. The number of carbonyl (C=O) groups is 2. The standard InChI is InChI=1S/C22H34N2O4/c1-15(2)9-11-23-21(25)19(22(26)24-12-10-16(3)4)13-17-7-8-18(27-5)14-20(17)28-6/h7-8,13-16H,9-12H2,1-6H3,(H,23,25)(H,24,26). The Labute approximate surface area is 168 Å². The normalized spacial score (nSPS) is 10.6. The fraction of sp³-hybridized carbons (Fsp3) is 0.545. The van der Waals surface area contributed by atoms with Gasteiger partial charge in [0.25, 0.3) is 11.8 Å². The monoisotopic (exact) mass is 390 g/mol. The maximum Gasteiger partial charge on any atom is 0.256 e. The van der Waals surface area contributed by atoms with Gasteiger partial charge in [-0.25, -0.2) is 0 Å². The number of methoxy groups -OCH3 is 2. The molecule has 0 aromatic heterocycles. The van der Waals surface area contributed by atoms with Crippen molar-refractivity contribution in [2.24, 2.45) is 11.8 Å². The predicted octanol–water partition coefficient (Wildman–Crippen LogP) is 3.41. The van der Waals surface area contributed by atoms with Gasteiger partial charge in [-0.1, -0.05) is 27.7 Å². The van der Waals surface area contributed by atoms with Gasteiger partial charge in [-0.15, -0.1) is 0 Å². The van der Waals surface area contributed by atoms with Crippen LogP contribution in [0, 0.1) is 11.8 Å². The molecule has 2 amide bonds. The number of hydrogen-bond donors (Lipinski definition) is 2. The third-order valence-electron chi connectivity index (χ3n) is 4.24. The third kappa shape index (κ3) is 8.03. The minimum atomic E-state index is -0.388. The van der Waals surface area contributed by atoms with E-state index >= 15 is 0 Å². The van der Waals surface area contributed by atoms with Crippen molar-refractivity contribution in [3.63, 3.8) is 0 Å². The molecule has 0 fully saturated rings. The van der Waals surface area contributed by atoms with Crippen LogP contribution in [-0.2, 0) is 9.59 Å². The Kier molecular flexibility index (Phi) is 10.1. The second kappa shape index (κ2) is 12.1. The molecule has 0 spiro atoms. The molecule has 0 saturated heterocycles. The molecule has 0 atom stereocenters. The Morgan fingerprint density at radius 1 is 0.929 bits per heavy atom. The summed E-state index contributed by atoms with van der Waals surface area (Å²) in [6.07, 6.45) is 3.26. The Morgan fingerprint density at radius 2 is 1.46 bits per heavy atom. The van der Waals surface area contributed by atoms with E-state index in [9.17, 15) is 9.59 Å². The van der Waals surface area contributed by atoms with Crippen LogP contribution < -0.4 is 20.1 Å². The summed E-state index contributed by atoms with van der Waals surface area (Å²) in [5.41, 5.74) is 0.701. The van der Waals surface area contributed by atoms with Gasteiger partial charge in [0.15, 0.2) is 0 Å². The number of nitrogens with one attached hydrogen (secondary N) is 2. The second-order valence-corrected chi connectivity index (χ2v) is 7.54. The van der Waals surface area contributed by atoms with Crippen LogP contribution in [0.1, 0.15) is 46.1 Å². The number of ether oxygens (including phenoxy) is 2. The average molecular weight is 391 g/mol. The topological polar surface area (TPSA) is 76.7 Å². The van der Waals surface area contributed by atoms with Crippen molar-refractivity contribution in [1.29, 1.82) is 0 Å². The van der Waals surface area contributed by atoms with Crippen LogP contribution in [0.25, 0.3) is 6.08 Å².